The van der Waals surface area contributed by atoms with Gasteiger partial charge in [-0.3, -0.25) is 0 Å². The number of fused-ring (bicyclic) bond motifs is 4. The van der Waals surface area contributed by atoms with Gasteiger partial charge in [0, 0.05) is 21.9 Å². The van der Waals surface area contributed by atoms with Crippen LogP contribution in [0.4, 0.5) is 0 Å². The lowest BCUT2D eigenvalue weighted by Crippen LogP contribution is -1.92. The Morgan fingerprint density at radius 1 is 0.465 bits per heavy atom. The maximum atomic E-state index is 9.16. The van der Waals surface area contributed by atoms with Crippen molar-refractivity contribution in [1.29, 1.82) is 5.26 Å². The van der Waals surface area contributed by atoms with E-state index in [1.807, 2.05) is 36.4 Å². The number of hydrogen-bond donors (Lipinski definition) is 0. The summed E-state index contributed by atoms with van der Waals surface area (Å²) in [7, 11) is 0. The molecular formula is C39H23N3S. The molecule has 2 heterocycles. The van der Waals surface area contributed by atoms with Crippen molar-refractivity contribution in [3.63, 3.8) is 0 Å². The van der Waals surface area contributed by atoms with Gasteiger partial charge in [-0.2, -0.15) is 5.26 Å². The first-order valence-electron chi connectivity index (χ1n) is 14.1. The number of nitriles is 1. The molecule has 2 aromatic heterocycles. The van der Waals surface area contributed by atoms with Crippen LogP contribution in [0.5, 0.6) is 0 Å². The van der Waals surface area contributed by atoms with Gasteiger partial charge in [-0.25, -0.2) is 9.97 Å². The van der Waals surface area contributed by atoms with Crippen molar-refractivity contribution in [2.75, 3.05) is 0 Å². The largest absolute Gasteiger partial charge is 0.247 e. The average molecular weight is 566 g/mol. The maximum Gasteiger partial charge on any atom is 0.124 e. The first-order chi connectivity index (χ1) is 21.2. The number of nitrogens with zero attached hydrogens (tertiary/aromatic N) is 3. The number of benzene rings is 6. The fourth-order valence-electron chi connectivity index (χ4n) is 5.77. The van der Waals surface area contributed by atoms with E-state index in [-0.39, 0.29) is 0 Å². The van der Waals surface area contributed by atoms with E-state index in [0.717, 1.165) is 65.9 Å². The Bertz CT molecular complexity index is 2310. The first kappa shape index (κ1) is 25.1. The molecule has 0 fully saturated rings. The van der Waals surface area contributed by atoms with Crippen LogP contribution in [0.15, 0.2) is 140 Å². The van der Waals surface area contributed by atoms with Crippen molar-refractivity contribution in [1.82, 2.24) is 9.97 Å². The van der Waals surface area contributed by atoms with E-state index in [1.165, 1.54) is 10.1 Å². The Hall–Kier alpha value is -5.63. The van der Waals surface area contributed by atoms with E-state index in [0.29, 0.717) is 5.56 Å². The van der Waals surface area contributed by atoms with Crippen LogP contribution in [0.1, 0.15) is 5.56 Å². The molecule has 8 aromatic rings. The zero-order valence-electron chi connectivity index (χ0n) is 23.0. The van der Waals surface area contributed by atoms with Gasteiger partial charge in [0.05, 0.1) is 33.1 Å². The molecule has 0 bridgehead atoms. The van der Waals surface area contributed by atoms with Gasteiger partial charge in [0.15, 0.2) is 0 Å². The predicted octanol–water partition coefficient (Wildman–Crippen LogP) is 10.5. The minimum atomic E-state index is 0.661. The topological polar surface area (TPSA) is 49.6 Å². The lowest BCUT2D eigenvalue weighted by Gasteiger charge is -2.13. The minimum absolute atomic E-state index is 0.661. The summed E-state index contributed by atoms with van der Waals surface area (Å²) in [6.45, 7) is 0. The van der Waals surface area contributed by atoms with Crippen LogP contribution in [0.3, 0.4) is 0 Å². The highest BCUT2D eigenvalue weighted by Crippen LogP contribution is 2.39. The molecule has 0 N–H and O–H groups in total. The summed E-state index contributed by atoms with van der Waals surface area (Å²) in [5, 5.41) is 13.6. The van der Waals surface area contributed by atoms with Gasteiger partial charge in [-0.05, 0) is 76.2 Å². The molecule has 0 aliphatic heterocycles. The third-order valence-corrected chi connectivity index (χ3v) is 9.01. The summed E-state index contributed by atoms with van der Waals surface area (Å²) in [4.78, 5) is 10.2. The van der Waals surface area contributed by atoms with Crippen molar-refractivity contribution in [2.24, 2.45) is 0 Å². The Kier molecular flexibility index (Phi) is 6.03. The van der Waals surface area contributed by atoms with Crippen LogP contribution in [0.25, 0.3) is 76.0 Å². The van der Waals surface area contributed by atoms with Crippen molar-refractivity contribution < 1.29 is 0 Å². The highest BCUT2D eigenvalue weighted by Gasteiger charge is 2.15. The van der Waals surface area contributed by atoms with Gasteiger partial charge in [-0.15, -0.1) is 11.3 Å². The van der Waals surface area contributed by atoms with E-state index in [2.05, 4.69) is 109 Å². The molecule has 0 aliphatic carbocycles. The van der Waals surface area contributed by atoms with E-state index in [1.54, 1.807) is 11.3 Å². The Morgan fingerprint density at radius 3 is 1.74 bits per heavy atom. The van der Waals surface area contributed by atoms with Crippen molar-refractivity contribution in [2.45, 2.75) is 0 Å². The Balaban J connectivity index is 1.32. The highest BCUT2D eigenvalue weighted by atomic mass is 32.1. The predicted molar refractivity (Wildman–Crippen MR) is 179 cm³/mol. The van der Waals surface area contributed by atoms with E-state index in [4.69, 9.17) is 15.2 Å². The Labute approximate surface area is 253 Å². The molecule has 0 atom stereocenters. The molecule has 0 amide bonds. The molecule has 0 unspecified atom stereocenters. The number of aromatic nitrogens is 2. The summed E-state index contributed by atoms with van der Waals surface area (Å²) in [5.41, 5.74) is 10.2. The highest BCUT2D eigenvalue weighted by molar-refractivity contribution is 7.21. The zero-order chi connectivity index (χ0) is 28.8. The van der Waals surface area contributed by atoms with Crippen molar-refractivity contribution in [3.8, 4) is 50.2 Å². The van der Waals surface area contributed by atoms with Crippen LogP contribution >= 0.6 is 11.3 Å². The van der Waals surface area contributed by atoms with Gasteiger partial charge in [-0.1, -0.05) is 91.0 Å². The monoisotopic (exact) mass is 565 g/mol. The van der Waals surface area contributed by atoms with Gasteiger partial charge < -0.3 is 0 Å². The molecule has 3 nitrogen and oxygen atoms in total. The van der Waals surface area contributed by atoms with Gasteiger partial charge in [0.2, 0.25) is 0 Å². The second-order valence-corrected chi connectivity index (χ2v) is 11.6. The number of para-hydroxylation sites is 2. The van der Waals surface area contributed by atoms with E-state index in [9.17, 15) is 0 Å². The zero-order valence-corrected chi connectivity index (χ0v) is 23.8. The number of pyridine rings is 1. The SMILES string of the molecule is N#Cc1ccc(-c2ccc(-c3cc(-c4nc5ccccc5s4)cc(-c4nc5ccccc5c5ccccc45)c3)cc2)cc1. The third kappa shape index (κ3) is 4.53. The lowest BCUT2D eigenvalue weighted by atomic mass is 9.94. The molecule has 8 rings (SSSR count). The third-order valence-electron chi connectivity index (χ3n) is 7.92. The molecule has 0 spiro atoms. The first-order valence-corrected chi connectivity index (χ1v) is 14.9. The lowest BCUT2D eigenvalue weighted by molar-refractivity contribution is 1.42. The molecule has 4 heteroatoms. The average Bonchev–Trinajstić information content (AvgIpc) is 3.53. The van der Waals surface area contributed by atoms with E-state index >= 15 is 0 Å². The van der Waals surface area contributed by atoms with Crippen LogP contribution < -0.4 is 0 Å². The fourth-order valence-corrected chi connectivity index (χ4v) is 6.72. The molecular weight excluding hydrogens is 543 g/mol. The molecule has 0 radical (unpaired) electrons. The van der Waals surface area contributed by atoms with Gasteiger partial charge in [0.25, 0.3) is 0 Å². The smallest absolute Gasteiger partial charge is 0.124 e. The number of thiazole rings is 1. The standard InChI is InChI=1S/C39H23N3S/c40-24-25-13-15-26(16-14-25)27-17-19-28(20-18-27)29-21-30(23-31(22-29)39-42-36-11-5-6-12-37(36)43-39)38-34-9-2-1-7-32(34)33-8-3-4-10-35(33)41-38/h1-23H. The number of hydrogen-bond acceptors (Lipinski definition) is 4. The summed E-state index contributed by atoms with van der Waals surface area (Å²) in [6.07, 6.45) is 0. The van der Waals surface area contributed by atoms with Gasteiger partial charge in [0.1, 0.15) is 5.01 Å². The molecule has 0 saturated heterocycles. The maximum absolute atomic E-state index is 9.16. The summed E-state index contributed by atoms with van der Waals surface area (Å²) >= 11 is 1.71. The number of rotatable bonds is 4. The summed E-state index contributed by atoms with van der Waals surface area (Å²) in [6, 6.07) is 50.4. The minimum Gasteiger partial charge on any atom is -0.247 e. The van der Waals surface area contributed by atoms with Crippen molar-refractivity contribution >= 4 is 43.2 Å². The quantitative estimate of drug-likeness (QED) is 0.199. The molecule has 0 aliphatic rings. The second-order valence-electron chi connectivity index (χ2n) is 10.6. The Morgan fingerprint density at radius 2 is 1.02 bits per heavy atom. The van der Waals surface area contributed by atoms with Crippen molar-refractivity contribution in [3.05, 3.63) is 145 Å². The van der Waals surface area contributed by atoms with Crippen LogP contribution in [0, 0.1) is 11.3 Å². The molecule has 200 valence electrons. The normalized spacial score (nSPS) is 11.2. The molecule has 43 heavy (non-hydrogen) atoms. The van der Waals surface area contributed by atoms with Crippen LogP contribution in [0.2, 0.25) is 0 Å². The molecule has 6 aromatic carbocycles. The fraction of sp³-hybridized carbons (Fsp3) is 0. The second kappa shape index (κ2) is 10.3. The van der Waals surface area contributed by atoms with E-state index < -0.39 is 0 Å². The van der Waals surface area contributed by atoms with Crippen LogP contribution in [-0.4, -0.2) is 9.97 Å². The molecule has 0 saturated carbocycles. The van der Waals surface area contributed by atoms with Crippen LogP contribution in [-0.2, 0) is 0 Å². The van der Waals surface area contributed by atoms with Gasteiger partial charge >= 0.3 is 0 Å². The summed E-state index contributed by atoms with van der Waals surface area (Å²) in [5.74, 6) is 0. The summed E-state index contributed by atoms with van der Waals surface area (Å²) < 4.78 is 1.17.